The lowest BCUT2D eigenvalue weighted by Gasteiger charge is -2.51. The number of amides is 1. The van der Waals surface area contributed by atoms with Crippen molar-refractivity contribution in [1.29, 1.82) is 0 Å². The van der Waals surface area contributed by atoms with Crippen molar-refractivity contribution in [1.82, 2.24) is 14.8 Å². The smallest absolute Gasteiger partial charge is 0.254 e. The fourth-order valence-corrected chi connectivity index (χ4v) is 6.35. The van der Waals surface area contributed by atoms with E-state index in [9.17, 15) is 4.79 Å². The average molecular weight is 578 g/mol. The second kappa shape index (κ2) is 11.5. The van der Waals surface area contributed by atoms with Gasteiger partial charge < -0.3 is 9.74 Å². The minimum Gasteiger partial charge on any atom is -0.396 e. The number of piperidine rings is 2. The third-order valence-electron chi connectivity index (χ3n) is 8.25. The van der Waals surface area contributed by atoms with Gasteiger partial charge in [-0.05, 0) is 76.8 Å². The van der Waals surface area contributed by atoms with Gasteiger partial charge in [0.25, 0.3) is 5.91 Å². The SMILES string of the molecule is CCO/N=C(/c1ccc(Br)cc1)C1CCCCN1C1(C)CCN(C(=O)c2c(C)cnc3ccccc23)CC1. The largest absolute Gasteiger partial charge is 0.396 e. The van der Waals surface area contributed by atoms with Crippen LogP contribution in [0, 0.1) is 6.92 Å². The van der Waals surface area contributed by atoms with Gasteiger partial charge in [-0.25, -0.2) is 0 Å². The Kier molecular flexibility index (Phi) is 8.15. The highest BCUT2D eigenvalue weighted by Crippen LogP contribution is 2.36. The number of pyridine rings is 1. The van der Waals surface area contributed by atoms with Crippen molar-refractivity contribution in [3.05, 3.63) is 75.9 Å². The fraction of sp³-hybridized carbons (Fsp3) is 0.452. The quantitative estimate of drug-likeness (QED) is 0.245. The third kappa shape index (κ3) is 5.36. The Morgan fingerprint density at radius 1 is 1.11 bits per heavy atom. The number of carbonyl (C=O) groups is 1. The molecule has 38 heavy (non-hydrogen) atoms. The zero-order valence-electron chi connectivity index (χ0n) is 22.6. The van der Waals surface area contributed by atoms with Crippen molar-refractivity contribution in [2.24, 2.45) is 5.16 Å². The summed E-state index contributed by atoms with van der Waals surface area (Å²) in [7, 11) is 0. The molecule has 1 amide bonds. The summed E-state index contributed by atoms with van der Waals surface area (Å²) in [6.45, 7) is 9.40. The van der Waals surface area contributed by atoms with Gasteiger partial charge in [-0.2, -0.15) is 0 Å². The monoisotopic (exact) mass is 576 g/mol. The van der Waals surface area contributed by atoms with Crippen LogP contribution in [0.15, 0.2) is 64.4 Å². The van der Waals surface area contributed by atoms with Gasteiger partial charge in [0.1, 0.15) is 12.3 Å². The third-order valence-corrected chi connectivity index (χ3v) is 8.78. The molecule has 7 heteroatoms. The molecule has 0 N–H and O–H groups in total. The van der Waals surface area contributed by atoms with Gasteiger partial charge in [0.15, 0.2) is 0 Å². The normalized spacial score (nSPS) is 20.5. The predicted octanol–water partition coefficient (Wildman–Crippen LogP) is 6.60. The summed E-state index contributed by atoms with van der Waals surface area (Å²) in [5.74, 6) is 0.117. The molecule has 0 spiro atoms. The van der Waals surface area contributed by atoms with E-state index in [1.165, 1.54) is 12.8 Å². The summed E-state index contributed by atoms with van der Waals surface area (Å²) < 4.78 is 1.05. The molecule has 6 nitrogen and oxygen atoms in total. The van der Waals surface area contributed by atoms with Crippen LogP contribution in [0.3, 0.4) is 0 Å². The molecule has 2 aromatic carbocycles. The van der Waals surface area contributed by atoms with E-state index in [-0.39, 0.29) is 17.5 Å². The molecule has 0 radical (unpaired) electrons. The zero-order chi connectivity index (χ0) is 26.7. The lowest BCUT2D eigenvalue weighted by Crippen LogP contribution is -2.60. The van der Waals surface area contributed by atoms with Crippen molar-refractivity contribution in [3.63, 3.8) is 0 Å². The molecule has 2 aliphatic heterocycles. The first-order valence-corrected chi connectivity index (χ1v) is 14.6. The first-order valence-electron chi connectivity index (χ1n) is 13.8. The highest BCUT2D eigenvalue weighted by molar-refractivity contribution is 9.10. The number of hydrogen-bond donors (Lipinski definition) is 0. The number of aromatic nitrogens is 1. The summed E-state index contributed by atoms with van der Waals surface area (Å²) in [5, 5.41) is 5.59. The van der Waals surface area contributed by atoms with E-state index in [0.717, 1.165) is 76.7 Å². The van der Waals surface area contributed by atoms with Crippen LogP contribution < -0.4 is 0 Å². The topological polar surface area (TPSA) is 58.0 Å². The van der Waals surface area contributed by atoms with E-state index in [0.29, 0.717) is 6.61 Å². The molecule has 3 aromatic rings. The van der Waals surface area contributed by atoms with Gasteiger partial charge in [0.05, 0.1) is 17.1 Å². The number of carbonyl (C=O) groups excluding carboxylic acids is 1. The number of benzene rings is 2. The van der Waals surface area contributed by atoms with Crippen molar-refractivity contribution in [2.75, 3.05) is 26.2 Å². The first kappa shape index (κ1) is 26.8. The van der Waals surface area contributed by atoms with Gasteiger partial charge in [-0.15, -0.1) is 0 Å². The van der Waals surface area contributed by atoms with Gasteiger partial charge in [0.2, 0.25) is 0 Å². The average Bonchev–Trinajstić information content (AvgIpc) is 2.94. The number of rotatable bonds is 6. The minimum absolute atomic E-state index is 0.0143. The van der Waals surface area contributed by atoms with E-state index in [1.807, 2.05) is 49.2 Å². The number of aryl methyl sites for hydroxylation is 1. The maximum absolute atomic E-state index is 13.8. The molecular formula is C31H37BrN4O2. The Morgan fingerprint density at radius 3 is 2.58 bits per heavy atom. The first-order chi connectivity index (χ1) is 18.4. The molecule has 2 aliphatic rings. The van der Waals surface area contributed by atoms with E-state index in [4.69, 9.17) is 4.84 Å². The van der Waals surface area contributed by atoms with Gasteiger partial charge >= 0.3 is 0 Å². The van der Waals surface area contributed by atoms with Gasteiger partial charge in [0, 0.05) is 40.2 Å². The number of likely N-dealkylation sites (tertiary alicyclic amines) is 2. The van der Waals surface area contributed by atoms with Crippen LogP contribution in [0.5, 0.6) is 0 Å². The Morgan fingerprint density at radius 2 is 1.84 bits per heavy atom. The molecule has 1 atom stereocenters. The predicted molar refractivity (Wildman–Crippen MR) is 157 cm³/mol. The molecule has 0 saturated carbocycles. The number of fused-ring (bicyclic) bond motifs is 1. The van der Waals surface area contributed by atoms with Crippen LogP contribution in [0.25, 0.3) is 10.9 Å². The van der Waals surface area contributed by atoms with Crippen LogP contribution in [-0.2, 0) is 4.84 Å². The molecular weight excluding hydrogens is 540 g/mol. The Balaban J connectivity index is 1.37. The molecule has 1 unspecified atom stereocenters. The highest BCUT2D eigenvalue weighted by atomic mass is 79.9. The van der Waals surface area contributed by atoms with Crippen LogP contribution in [-0.4, -0.2) is 64.2 Å². The maximum Gasteiger partial charge on any atom is 0.254 e. The van der Waals surface area contributed by atoms with E-state index >= 15 is 0 Å². The van der Waals surface area contributed by atoms with E-state index in [2.05, 4.69) is 62.2 Å². The second-order valence-electron chi connectivity index (χ2n) is 10.7. The molecule has 0 bridgehead atoms. The summed E-state index contributed by atoms with van der Waals surface area (Å²) in [6.07, 6.45) is 7.10. The number of para-hydroxylation sites is 1. The summed E-state index contributed by atoms with van der Waals surface area (Å²) >= 11 is 3.56. The van der Waals surface area contributed by atoms with E-state index in [1.54, 1.807) is 0 Å². The second-order valence-corrected chi connectivity index (χ2v) is 11.6. The number of hydrogen-bond acceptors (Lipinski definition) is 5. The lowest BCUT2D eigenvalue weighted by molar-refractivity contribution is 0.00567. The standard InChI is InChI=1S/C31H37BrN4O2/c1-4-38-34-29(23-12-14-24(32)15-13-23)27-11-7-8-18-36(27)31(3)16-19-35(20-17-31)30(37)28-22(2)21-33-26-10-6-5-9-25(26)28/h5-6,9-10,12-15,21,27H,4,7-8,11,16-20H2,1-3H3/b34-29-. The maximum atomic E-state index is 13.8. The van der Waals surface area contributed by atoms with Crippen LogP contribution in [0.4, 0.5) is 0 Å². The van der Waals surface area contributed by atoms with Crippen LogP contribution in [0.1, 0.15) is 67.4 Å². The Bertz CT molecular complexity index is 1320. The molecule has 2 fully saturated rings. The zero-order valence-corrected chi connectivity index (χ0v) is 24.2. The highest BCUT2D eigenvalue weighted by Gasteiger charge is 2.43. The molecule has 5 rings (SSSR count). The van der Waals surface area contributed by atoms with Crippen molar-refractivity contribution >= 4 is 38.5 Å². The van der Waals surface area contributed by atoms with E-state index < -0.39 is 0 Å². The Hall–Kier alpha value is -2.77. The van der Waals surface area contributed by atoms with Crippen molar-refractivity contribution in [2.45, 2.75) is 64.5 Å². The summed E-state index contributed by atoms with van der Waals surface area (Å²) in [6, 6.07) is 16.5. The Labute approximate surface area is 234 Å². The van der Waals surface area contributed by atoms with Gasteiger partial charge in [-0.1, -0.05) is 57.8 Å². The number of oxime groups is 1. The van der Waals surface area contributed by atoms with Crippen molar-refractivity contribution in [3.8, 4) is 0 Å². The summed E-state index contributed by atoms with van der Waals surface area (Å²) in [4.78, 5) is 28.6. The summed E-state index contributed by atoms with van der Waals surface area (Å²) in [5.41, 5.74) is 4.70. The molecule has 0 aliphatic carbocycles. The number of halogens is 1. The lowest BCUT2D eigenvalue weighted by atomic mass is 9.82. The van der Waals surface area contributed by atoms with Crippen LogP contribution >= 0.6 is 15.9 Å². The number of nitrogens with zero attached hydrogens (tertiary/aromatic N) is 4. The van der Waals surface area contributed by atoms with Crippen LogP contribution in [0.2, 0.25) is 0 Å². The molecule has 200 valence electrons. The van der Waals surface area contributed by atoms with Crippen molar-refractivity contribution < 1.29 is 9.63 Å². The van der Waals surface area contributed by atoms with Gasteiger partial charge in [-0.3, -0.25) is 14.7 Å². The molecule has 3 heterocycles. The minimum atomic E-state index is -0.0143. The fourth-order valence-electron chi connectivity index (χ4n) is 6.08. The molecule has 1 aromatic heterocycles. The molecule has 2 saturated heterocycles.